The number of benzene rings is 1. The third-order valence-corrected chi connectivity index (χ3v) is 5.31. The number of carbonyl (C=O) groups excluding carboxylic acids is 1. The molecule has 1 fully saturated rings. The molecule has 2 rings (SSSR count). The van der Waals surface area contributed by atoms with Crippen molar-refractivity contribution in [2.75, 3.05) is 26.2 Å². The fourth-order valence-corrected chi connectivity index (χ4v) is 3.76. The maximum absolute atomic E-state index is 12.1. The molecular formula is C22H36N2O2. The van der Waals surface area contributed by atoms with Crippen molar-refractivity contribution in [1.29, 1.82) is 0 Å². The molecule has 0 aliphatic carbocycles. The number of likely N-dealkylation sites (tertiary alicyclic amines) is 1. The quantitative estimate of drug-likeness (QED) is 0.669. The van der Waals surface area contributed by atoms with Crippen molar-refractivity contribution in [2.24, 2.45) is 0 Å². The van der Waals surface area contributed by atoms with Gasteiger partial charge in [-0.1, -0.05) is 39.3 Å². The van der Waals surface area contributed by atoms with Crippen molar-refractivity contribution in [3.8, 4) is 5.75 Å². The van der Waals surface area contributed by atoms with E-state index in [9.17, 15) is 4.79 Å². The summed E-state index contributed by atoms with van der Waals surface area (Å²) in [7, 11) is 0. The average Bonchev–Trinajstić information content (AvgIpc) is 2.63. The number of aryl methyl sites for hydroxylation is 1. The van der Waals surface area contributed by atoms with Crippen LogP contribution in [0.25, 0.3) is 0 Å². The highest BCUT2D eigenvalue weighted by molar-refractivity contribution is 5.77. The maximum atomic E-state index is 12.1. The molecule has 0 aromatic heterocycles. The lowest BCUT2D eigenvalue weighted by molar-refractivity contribution is -0.123. The number of hydrogen-bond acceptors (Lipinski definition) is 3. The first-order valence-corrected chi connectivity index (χ1v) is 10.2. The molecule has 1 amide bonds. The number of ether oxygens (including phenoxy) is 1. The molecule has 4 nitrogen and oxygen atoms in total. The molecule has 0 bridgehead atoms. The van der Waals surface area contributed by atoms with E-state index in [1.165, 1.54) is 32.2 Å². The van der Waals surface area contributed by atoms with Gasteiger partial charge < -0.3 is 15.0 Å². The summed E-state index contributed by atoms with van der Waals surface area (Å²) < 4.78 is 5.80. The van der Waals surface area contributed by atoms with Crippen LogP contribution in [0.5, 0.6) is 5.75 Å². The molecule has 146 valence electrons. The summed E-state index contributed by atoms with van der Waals surface area (Å²) >= 11 is 0. The SMILES string of the molecule is CCC1CCCCN1CCCNC(=O)COc1cc(C)ccc1C(C)C. The largest absolute Gasteiger partial charge is 0.483 e. The van der Waals surface area contributed by atoms with E-state index in [1.807, 2.05) is 13.0 Å². The van der Waals surface area contributed by atoms with Crippen LogP contribution in [0, 0.1) is 6.92 Å². The van der Waals surface area contributed by atoms with Gasteiger partial charge in [0.1, 0.15) is 5.75 Å². The van der Waals surface area contributed by atoms with E-state index in [4.69, 9.17) is 4.74 Å². The number of nitrogens with zero attached hydrogens (tertiary/aromatic N) is 1. The Morgan fingerprint density at radius 2 is 2.15 bits per heavy atom. The van der Waals surface area contributed by atoms with E-state index in [0.29, 0.717) is 5.92 Å². The number of nitrogens with one attached hydrogen (secondary N) is 1. The second-order valence-electron chi connectivity index (χ2n) is 7.78. The van der Waals surface area contributed by atoms with Gasteiger partial charge in [-0.2, -0.15) is 0 Å². The van der Waals surface area contributed by atoms with Crippen LogP contribution < -0.4 is 10.1 Å². The van der Waals surface area contributed by atoms with E-state index in [0.717, 1.165) is 42.4 Å². The minimum atomic E-state index is -0.0353. The van der Waals surface area contributed by atoms with Gasteiger partial charge in [0.2, 0.25) is 0 Å². The molecule has 1 aromatic carbocycles. The minimum Gasteiger partial charge on any atom is -0.483 e. The maximum Gasteiger partial charge on any atom is 0.257 e. The molecule has 1 heterocycles. The van der Waals surface area contributed by atoms with Crippen LogP contribution in [0.1, 0.15) is 69.9 Å². The molecule has 1 unspecified atom stereocenters. The topological polar surface area (TPSA) is 41.6 Å². The standard InChI is InChI=1S/C22H36N2O2/c1-5-19-9-6-7-13-24(19)14-8-12-23-22(25)16-26-21-15-18(4)10-11-20(21)17(2)3/h10-11,15,17,19H,5-9,12-14,16H2,1-4H3,(H,23,25). The van der Waals surface area contributed by atoms with Crippen LogP contribution >= 0.6 is 0 Å². The monoisotopic (exact) mass is 360 g/mol. The van der Waals surface area contributed by atoms with E-state index in [-0.39, 0.29) is 12.5 Å². The Labute approximate surface area is 159 Å². The Kier molecular flexibility index (Phi) is 8.43. The lowest BCUT2D eigenvalue weighted by atomic mass is 10.00. The zero-order valence-corrected chi connectivity index (χ0v) is 17.0. The molecule has 1 N–H and O–H groups in total. The number of rotatable bonds is 9. The summed E-state index contributed by atoms with van der Waals surface area (Å²) in [5.41, 5.74) is 2.30. The van der Waals surface area contributed by atoms with Crippen LogP contribution in [0.15, 0.2) is 18.2 Å². The van der Waals surface area contributed by atoms with Crippen molar-refractivity contribution < 1.29 is 9.53 Å². The van der Waals surface area contributed by atoms with Crippen molar-refractivity contribution in [1.82, 2.24) is 10.2 Å². The summed E-state index contributed by atoms with van der Waals surface area (Å²) in [6.07, 6.45) is 6.23. The van der Waals surface area contributed by atoms with Gasteiger partial charge in [-0.25, -0.2) is 0 Å². The van der Waals surface area contributed by atoms with Crippen molar-refractivity contribution in [2.45, 2.75) is 71.8 Å². The second-order valence-corrected chi connectivity index (χ2v) is 7.78. The van der Waals surface area contributed by atoms with Crippen LogP contribution in [0.2, 0.25) is 0 Å². The molecule has 1 aliphatic heterocycles. The molecular weight excluding hydrogens is 324 g/mol. The van der Waals surface area contributed by atoms with Gasteiger partial charge in [-0.3, -0.25) is 4.79 Å². The second kappa shape index (κ2) is 10.6. The third kappa shape index (κ3) is 6.31. The van der Waals surface area contributed by atoms with E-state index in [2.05, 4.69) is 43.1 Å². The van der Waals surface area contributed by atoms with Crippen molar-refractivity contribution in [3.63, 3.8) is 0 Å². The van der Waals surface area contributed by atoms with Gasteiger partial charge in [-0.05, 0) is 62.3 Å². The van der Waals surface area contributed by atoms with Crippen LogP contribution in [0.4, 0.5) is 0 Å². The summed E-state index contributed by atoms with van der Waals surface area (Å²) in [6, 6.07) is 6.94. The smallest absolute Gasteiger partial charge is 0.257 e. The Bertz CT molecular complexity index is 571. The Balaban J connectivity index is 1.70. The highest BCUT2D eigenvalue weighted by Crippen LogP contribution is 2.27. The lowest BCUT2D eigenvalue weighted by Crippen LogP contribution is -2.41. The first-order chi connectivity index (χ1) is 12.5. The molecule has 0 saturated carbocycles. The van der Waals surface area contributed by atoms with E-state index >= 15 is 0 Å². The molecule has 1 saturated heterocycles. The summed E-state index contributed by atoms with van der Waals surface area (Å²) in [5, 5.41) is 3.00. The molecule has 4 heteroatoms. The van der Waals surface area contributed by atoms with Gasteiger partial charge in [-0.15, -0.1) is 0 Å². The van der Waals surface area contributed by atoms with Crippen LogP contribution in [-0.4, -0.2) is 43.1 Å². The third-order valence-electron chi connectivity index (χ3n) is 5.31. The van der Waals surface area contributed by atoms with Gasteiger partial charge in [0.15, 0.2) is 6.61 Å². The molecule has 1 aromatic rings. The van der Waals surface area contributed by atoms with Crippen LogP contribution in [0.3, 0.4) is 0 Å². The average molecular weight is 361 g/mol. The molecule has 26 heavy (non-hydrogen) atoms. The van der Waals surface area contributed by atoms with Crippen molar-refractivity contribution >= 4 is 5.91 Å². The van der Waals surface area contributed by atoms with Gasteiger partial charge in [0.05, 0.1) is 0 Å². The Morgan fingerprint density at radius 1 is 1.35 bits per heavy atom. The predicted molar refractivity (Wildman–Crippen MR) is 108 cm³/mol. The zero-order chi connectivity index (χ0) is 18.9. The first kappa shape index (κ1) is 20.8. The molecule has 0 spiro atoms. The summed E-state index contributed by atoms with van der Waals surface area (Å²) in [4.78, 5) is 14.7. The highest BCUT2D eigenvalue weighted by Gasteiger charge is 2.19. The van der Waals surface area contributed by atoms with Gasteiger partial charge in [0.25, 0.3) is 5.91 Å². The molecule has 0 radical (unpaired) electrons. The van der Waals surface area contributed by atoms with E-state index in [1.54, 1.807) is 0 Å². The summed E-state index contributed by atoms with van der Waals surface area (Å²) in [5.74, 6) is 1.17. The number of piperidine rings is 1. The Morgan fingerprint density at radius 3 is 2.88 bits per heavy atom. The normalized spacial score (nSPS) is 18.1. The highest BCUT2D eigenvalue weighted by atomic mass is 16.5. The molecule has 1 atom stereocenters. The van der Waals surface area contributed by atoms with Gasteiger partial charge in [0, 0.05) is 19.1 Å². The fourth-order valence-electron chi connectivity index (χ4n) is 3.76. The number of amides is 1. The van der Waals surface area contributed by atoms with Crippen molar-refractivity contribution in [3.05, 3.63) is 29.3 Å². The van der Waals surface area contributed by atoms with E-state index < -0.39 is 0 Å². The minimum absolute atomic E-state index is 0.0353. The zero-order valence-electron chi connectivity index (χ0n) is 17.0. The Hall–Kier alpha value is -1.55. The summed E-state index contributed by atoms with van der Waals surface area (Å²) in [6.45, 7) is 11.7. The fraction of sp³-hybridized carbons (Fsp3) is 0.682. The number of carbonyl (C=O) groups is 1. The lowest BCUT2D eigenvalue weighted by Gasteiger charge is -2.35. The predicted octanol–water partition coefficient (Wildman–Crippen LogP) is 4.27. The number of hydrogen-bond donors (Lipinski definition) is 1. The van der Waals surface area contributed by atoms with Crippen LogP contribution in [-0.2, 0) is 4.79 Å². The van der Waals surface area contributed by atoms with Gasteiger partial charge >= 0.3 is 0 Å². The first-order valence-electron chi connectivity index (χ1n) is 10.2. The molecule has 1 aliphatic rings.